The van der Waals surface area contributed by atoms with Crippen LogP contribution >= 0.6 is 0 Å². The molecule has 0 fully saturated rings. The number of hydrogen-bond donors (Lipinski definition) is 1. The molecule has 0 aliphatic carbocycles. The van der Waals surface area contributed by atoms with Crippen LogP contribution in [0.4, 0.5) is 0 Å². The standard InChI is InChI=1S/C17H23N3O/c1-3-15(18)11-16-17(7-6-13(2)20-16)21-10-8-14-5-4-9-19-12-14/h4-7,9,12,15H,3,8,10-11,18H2,1-2H3. The van der Waals surface area contributed by atoms with E-state index in [0.29, 0.717) is 6.61 Å². The van der Waals surface area contributed by atoms with Gasteiger partial charge in [0.1, 0.15) is 5.75 Å². The SMILES string of the molecule is CCC(N)Cc1nc(C)ccc1OCCc1cccnc1. The highest BCUT2D eigenvalue weighted by atomic mass is 16.5. The molecule has 0 saturated carbocycles. The van der Waals surface area contributed by atoms with Crippen molar-refractivity contribution in [1.82, 2.24) is 9.97 Å². The van der Waals surface area contributed by atoms with Gasteiger partial charge in [0.15, 0.2) is 0 Å². The van der Waals surface area contributed by atoms with Crippen molar-refractivity contribution in [3.05, 3.63) is 53.6 Å². The minimum atomic E-state index is 0.125. The Kier molecular flexibility index (Phi) is 5.69. The maximum atomic E-state index is 6.04. The van der Waals surface area contributed by atoms with Crippen molar-refractivity contribution >= 4 is 0 Å². The monoisotopic (exact) mass is 285 g/mol. The molecule has 0 aromatic carbocycles. The summed E-state index contributed by atoms with van der Waals surface area (Å²) in [6.45, 7) is 4.69. The van der Waals surface area contributed by atoms with Crippen molar-refractivity contribution in [1.29, 1.82) is 0 Å². The van der Waals surface area contributed by atoms with E-state index in [2.05, 4.69) is 23.0 Å². The van der Waals surface area contributed by atoms with Gasteiger partial charge in [-0.3, -0.25) is 9.97 Å². The Labute approximate surface area is 126 Å². The minimum Gasteiger partial charge on any atom is -0.491 e. The van der Waals surface area contributed by atoms with Crippen LogP contribution in [0.5, 0.6) is 5.75 Å². The van der Waals surface area contributed by atoms with E-state index in [-0.39, 0.29) is 6.04 Å². The van der Waals surface area contributed by atoms with E-state index in [1.165, 1.54) is 5.56 Å². The summed E-state index contributed by atoms with van der Waals surface area (Å²) in [6, 6.07) is 8.08. The largest absolute Gasteiger partial charge is 0.491 e. The predicted octanol–water partition coefficient (Wildman–Crippen LogP) is 2.69. The summed E-state index contributed by atoms with van der Waals surface area (Å²) in [5.41, 5.74) is 9.16. The number of rotatable bonds is 7. The molecule has 0 spiro atoms. The molecule has 2 rings (SSSR count). The van der Waals surface area contributed by atoms with Gasteiger partial charge < -0.3 is 10.5 Å². The Balaban J connectivity index is 1.98. The van der Waals surface area contributed by atoms with E-state index in [4.69, 9.17) is 10.5 Å². The summed E-state index contributed by atoms with van der Waals surface area (Å²) in [5, 5.41) is 0. The molecular weight excluding hydrogens is 262 g/mol. The third-order valence-electron chi connectivity index (χ3n) is 3.42. The maximum absolute atomic E-state index is 6.04. The zero-order chi connectivity index (χ0) is 15.1. The van der Waals surface area contributed by atoms with Crippen LogP contribution in [0.15, 0.2) is 36.7 Å². The summed E-state index contributed by atoms with van der Waals surface area (Å²) in [4.78, 5) is 8.67. The van der Waals surface area contributed by atoms with E-state index >= 15 is 0 Å². The highest BCUT2D eigenvalue weighted by Crippen LogP contribution is 2.19. The Morgan fingerprint density at radius 1 is 1.29 bits per heavy atom. The highest BCUT2D eigenvalue weighted by molar-refractivity contribution is 5.30. The zero-order valence-electron chi connectivity index (χ0n) is 12.7. The number of aryl methyl sites for hydroxylation is 1. The van der Waals surface area contributed by atoms with Crippen LogP contribution in [0, 0.1) is 6.92 Å². The van der Waals surface area contributed by atoms with Crippen LogP contribution in [0.25, 0.3) is 0 Å². The van der Waals surface area contributed by atoms with Crippen LogP contribution in [0.1, 0.15) is 30.3 Å². The molecule has 1 atom stereocenters. The van der Waals surface area contributed by atoms with Gasteiger partial charge in [-0.05, 0) is 37.1 Å². The number of nitrogens with zero attached hydrogens (tertiary/aromatic N) is 2. The van der Waals surface area contributed by atoms with Crippen molar-refractivity contribution in [2.75, 3.05) is 6.61 Å². The molecule has 0 aliphatic rings. The van der Waals surface area contributed by atoms with Gasteiger partial charge in [-0.15, -0.1) is 0 Å². The zero-order valence-corrected chi connectivity index (χ0v) is 12.7. The van der Waals surface area contributed by atoms with Crippen molar-refractivity contribution in [2.45, 2.75) is 39.2 Å². The van der Waals surface area contributed by atoms with Gasteiger partial charge >= 0.3 is 0 Å². The molecule has 2 aromatic heterocycles. The third-order valence-corrected chi connectivity index (χ3v) is 3.42. The van der Waals surface area contributed by atoms with E-state index in [1.54, 1.807) is 6.20 Å². The Morgan fingerprint density at radius 3 is 2.86 bits per heavy atom. The van der Waals surface area contributed by atoms with Crippen LogP contribution < -0.4 is 10.5 Å². The summed E-state index contributed by atoms with van der Waals surface area (Å²) in [7, 11) is 0. The predicted molar refractivity (Wildman–Crippen MR) is 84.4 cm³/mol. The molecule has 4 nitrogen and oxygen atoms in total. The average molecular weight is 285 g/mol. The molecule has 0 amide bonds. The molecule has 4 heteroatoms. The normalized spacial score (nSPS) is 12.1. The summed E-state index contributed by atoms with van der Waals surface area (Å²) < 4.78 is 5.90. The fraction of sp³-hybridized carbons (Fsp3) is 0.412. The van der Waals surface area contributed by atoms with Gasteiger partial charge in [-0.25, -0.2) is 0 Å². The number of nitrogens with two attached hydrogens (primary N) is 1. The molecule has 0 aliphatic heterocycles. The van der Waals surface area contributed by atoms with E-state index in [9.17, 15) is 0 Å². The molecule has 0 saturated heterocycles. The number of aromatic nitrogens is 2. The fourth-order valence-corrected chi connectivity index (χ4v) is 2.09. The molecule has 21 heavy (non-hydrogen) atoms. The molecule has 2 N–H and O–H groups in total. The lowest BCUT2D eigenvalue weighted by molar-refractivity contribution is 0.315. The van der Waals surface area contributed by atoms with Gasteiger partial charge in [-0.2, -0.15) is 0 Å². The molecule has 112 valence electrons. The van der Waals surface area contributed by atoms with Gasteiger partial charge in [0.05, 0.1) is 12.3 Å². The highest BCUT2D eigenvalue weighted by Gasteiger charge is 2.10. The number of pyridine rings is 2. The first-order valence-electron chi connectivity index (χ1n) is 7.43. The smallest absolute Gasteiger partial charge is 0.140 e. The van der Waals surface area contributed by atoms with Gasteiger partial charge in [0.2, 0.25) is 0 Å². The van der Waals surface area contributed by atoms with Crippen molar-refractivity contribution in [3.8, 4) is 5.75 Å². The Bertz CT molecular complexity index is 557. The first kappa shape index (κ1) is 15.4. The lowest BCUT2D eigenvalue weighted by atomic mass is 10.1. The first-order valence-corrected chi connectivity index (χ1v) is 7.43. The van der Waals surface area contributed by atoms with Crippen LogP contribution in [-0.2, 0) is 12.8 Å². The summed E-state index contributed by atoms with van der Waals surface area (Å²) >= 11 is 0. The van der Waals surface area contributed by atoms with Gasteiger partial charge in [0, 0.05) is 37.0 Å². The van der Waals surface area contributed by atoms with Gasteiger partial charge in [-0.1, -0.05) is 13.0 Å². The van der Waals surface area contributed by atoms with Crippen molar-refractivity contribution < 1.29 is 4.74 Å². The second kappa shape index (κ2) is 7.74. The molecule has 0 bridgehead atoms. The first-order chi connectivity index (χ1) is 10.2. The summed E-state index contributed by atoms with van der Waals surface area (Å²) in [5.74, 6) is 0.841. The Morgan fingerprint density at radius 2 is 2.14 bits per heavy atom. The number of hydrogen-bond acceptors (Lipinski definition) is 4. The Hall–Kier alpha value is -1.94. The second-order valence-corrected chi connectivity index (χ2v) is 5.23. The molecule has 2 heterocycles. The molecule has 1 unspecified atom stereocenters. The quantitative estimate of drug-likeness (QED) is 0.849. The van der Waals surface area contributed by atoms with E-state index in [1.807, 2.05) is 31.3 Å². The second-order valence-electron chi connectivity index (χ2n) is 5.23. The number of ether oxygens (including phenoxy) is 1. The molecular formula is C17H23N3O. The topological polar surface area (TPSA) is 61.0 Å². The molecule has 0 radical (unpaired) electrons. The van der Waals surface area contributed by atoms with Crippen LogP contribution in [0.3, 0.4) is 0 Å². The summed E-state index contributed by atoms with van der Waals surface area (Å²) in [6.07, 6.45) is 6.16. The average Bonchev–Trinajstić information content (AvgIpc) is 2.50. The van der Waals surface area contributed by atoms with Crippen molar-refractivity contribution in [2.24, 2.45) is 5.73 Å². The minimum absolute atomic E-state index is 0.125. The van der Waals surface area contributed by atoms with E-state index < -0.39 is 0 Å². The third kappa shape index (κ3) is 4.83. The lowest BCUT2D eigenvalue weighted by Crippen LogP contribution is -2.22. The van der Waals surface area contributed by atoms with Crippen LogP contribution in [0.2, 0.25) is 0 Å². The molecule has 2 aromatic rings. The van der Waals surface area contributed by atoms with Crippen LogP contribution in [-0.4, -0.2) is 22.6 Å². The lowest BCUT2D eigenvalue weighted by Gasteiger charge is -2.14. The van der Waals surface area contributed by atoms with E-state index in [0.717, 1.165) is 36.4 Å². The van der Waals surface area contributed by atoms with Crippen molar-refractivity contribution in [3.63, 3.8) is 0 Å². The maximum Gasteiger partial charge on any atom is 0.140 e. The van der Waals surface area contributed by atoms with Gasteiger partial charge in [0.25, 0.3) is 0 Å². The fourth-order valence-electron chi connectivity index (χ4n) is 2.09.